The van der Waals surface area contributed by atoms with Crippen molar-refractivity contribution in [1.29, 1.82) is 0 Å². The van der Waals surface area contributed by atoms with E-state index in [1.165, 1.54) is 225 Å². The molecule has 0 spiro atoms. The Kier molecular flexibility index (Phi) is 48.4. The molecule has 1 aliphatic rings. The molecule has 0 aromatic carbocycles. The Balaban J connectivity index is 2.24. The molecule has 8 N–H and O–H groups in total. The highest BCUT2D eigenvalue weighted by Crippen LogP contribution is 2.24. The summed E-state index contributed by atoms with van der Waals surface area (Å²) in [7, 11) is 0. The molecule has 1 amide bonds. The van der Waals surface area contributed by atoms with Gasteiger partial charge < -0.3 is 50.5 Å². The van der Waals surface area contributed by atoms with E-state index >= 15 is 0 Å². The Labute approximate surface area is 442 Å². The van der Waals surface area contributed by atoms with Gasteiger partial charge in [0.15, 0.2) is 6.29 Å². The monoisotopic (exact) mass is 1030 g/mol. The largest absolute Gasteiger partial charge is 0.394 e. The van der Waals surface area contributed by atoms with E-state index in [4.69, 9.17) is 9.47 Å². The number of unbranched alkanes of at least 4 members (excludes halogenated alkanes) is 40. The Morgan fingerprint density at radius 3 is 1.17 bits per heavy atom. The predicted octanol–water partition coefficient (Wildman–Crippen LogP) is 13.5. The zero-order valence-electron chi connectivity index (χ0n) is 46.9. The smallest absolute Gasteiger partial charge is 0.249 e. The van der Waals surface area contributed by atoms with Crippen molar-refractivity contribution >= 4 is 5.91 Å². The van der Waals surface area contributed by atoms with Crippen molar-refractivity contribution in [1.82, 2.24) is 5.32 Å². The van der Waals surface area contributed by atoms with E-state index < -0.39 is 74.2 Å². The SMILES string of the molecule is CCCCCCCCCCCCCC/C=C\CCCCCCCCCCCCCCC(O)C(=O)NC(COC1OC(CO)C(O)C(O)C1O)C(O)C(O)CCCCCCCCCCCCCCCCCCC. The Hall–Kier alpha value is -1.15. The van der Waals surface area contributed by atoms with Crippen LogP contribution >= 0.6 is 0 Å². The normalized spacial score (nSPS) is 20.0. The average Bonchev–Trinajstić information content (AvgIpc) is 3.38. The number of nitrogens with one attached hydrogen (secondary N) is 1. The van der Waals surface area contributed by atoms with E-state index in [0.29, 0.717) is 19.3 Å². The lowest BCUT2D eigenvalue weighted by Gasteiger charge is -2.40. The molecular weight excluding hydrogens is 907 g/mol. The number of allylic oxidation sites excluding steroid dienone is 2. The second kappa shape index (κ2) is 50.7. The van der Waals surface area contributed by atoms with Gasteiger partial charge in [-0.25, -0.2) is 0 Å². The van der Waals surface area contributed by atoms with Crippen molar-refractivity contribution in [3.05, 3.63) is 12.2 Å². The van der Waals surface area contributed by atoms with Crippen LogP contribution in [0.3, 0.4) is 0 Å². The van der Waals surface area contributed by atoms with E-state index in [0.717, 1.165) is 38.5 Å². The minimum absolute atomic E-state index is 0.263. The lowest BCUT2D eigenvalue weighted by molar-refractivity contribution is -0.303. The van der Waals surface area contributed by atoms with Crippen molar-refractivity contribution in [3.8, 4) is 0 Å². The van der Waals surface area contributed by atoms with E-state index in [2.05, 4.69) is 31.3 Å². The molecular formula is C61H119NO10. The van der Waals surface area contributed by atoms with Gasteiger partial charge in [0.05, 0.1) is 25.4 Å². The number of carbonyl (C=O) groups is 1. The minimum atomic E-state index is -1.66. The number of rotatable bonds is 54. The molecule has 1 aliphatic heterocycles. The molecule has 0 bridgehead atoms. The average molecular weight is 1030 g/mol. The Bertz CT molecular complexity index is 1180. The van der Waals surface area contributed by atoms with E-state index in [-0.39, 0.29) is 6.42 Å². The summed E-state index contributed by atoms with van der Waals surface area (Å²) in [5.41, 5.74) is 0. The summed E-state index contributed by atoms with van der Waals surface area (Å²) >= 11 is 0. The second-order valence-electron chi connectivity index (χ2n) is 22.1. The highest BCUT2D eigenvalue weighted by molar-refractivity contribution is 5.80. The number of hydrogen-bond donors (Lipinski definition) is 8. The summed E-state index contributed by atoms with van der Waals surface area (Å²) in [5, 5.41) is 76.2. The molecule has 72 heavy (non-hydrogen) atoms. The first-order chi connectivity index (χ1) is 35.2. The summed E-state index contributed by atoms with van der Waals surface area (Å²) in [6.07, 6.45) is 48.4. The van der Waals surface area contributed by atoms with Crippen molar-refractivity contribution in [2.24, 2.45) is 0 Å². The number of ether oxygens (including phenoxy) is 2. The Morgan fingerprint density at radius 1 is 0.472 bits per heavy atom. The second-order valence-corrected chi connectivity index (χ2v) is 22.1. The molecule has 1 rings (SSSR count). The first-order valence-corrected chi connectivity index (χ1v) is 31.1. The number of aliphatic hydroxyl groups excluding tert-OH is 7. The summed E-state index contributed by atoms with van der Waals surface area (Å²) in [4.78, 5) is 13.2. The maximum absolute atomic E-state index is 13.2. The predicted molar refractivity (Wildman–Crippen MR) is 298 cm³/mol. The maximum atomic E-state index is 13.2. The first-order valence-electron chi connectivity index (χ1n) is 31.1. The van der Waals surface area contributed by atoms with Crippen LogP contribution in [0.25, 0.3) is 0 Å². The van der Waals surface area contributed by atoms with Gasteiger partial charge in [-0.05, 0) is 38.5 Å². The standard InChI is InChI=1S/C61H119NO10/c1-3-5-7-9-11-13-15-17-19-21-22-23-24-25-26-27-28-29-30-31-33-35-37-39-41-43-45-47-49-54(65)60(70)62-52(51-71-61-59(69)58(68)57(67)55(50-63)72-61)56(66)53(64)48-46-44-42-40-38-36-34-32-20-18-16-14-12-10-8-6-4-2/h25-26,52-59,61,63-69H,3-24,27-51H2,1-2H3,(H,62,70)/b26-25-. The molecule has 0 aromatic heterocycles. The quantitative estimate of drug-likeness (QED) is 0.0215. The van der Waals surface area contributed by atoms with Gasteiger partial charge in [-0.1, -0.05) is 276 Å². The van der Waals surface area contributed by atoms with Gasteiger partial charge in [0.1, 0.15) is 36.6 Å². The highest BCUT2D eigenvalue weighted by Gasteiger charge is 2.44. The van der Waals surface area contributed by atoms with Gasteiger partial charge in [0, 0.05) is 0 Å². The fourth-order valence-electron chi connectivity index (χ4n) is 10.3. The molecule has 9 atom stereocenters. The molecule has 0 radical (unpaired) electrons. The van der Waals surface area contributed by atoms with Crippen molar-refractivity contribution in [3.63, 3.8) is 0 Å². The van der Waals surface area contributed by atoms with Crippen LogP contribution in [0.5, 0.6) is 0 Å². The van der Waals surface area contributed by atoms with E-state index in [1.807, 2.05) is 0 Å². The maximum Gasteiger partial charge on any atom is 0.249 e. The lowest BCUT2D eigenvalue weighted by Crippen LogP contribution is -2.60. The third kappa shape index (κ3) is 38.4. The van der Waals surface area contributed by atoms with Gasteiger partial charge in [0.2, 0.25) is 5.91 Å². The fourth-order valence-corrected chi connectivity index (χ4v) is 10.3. The zero-order chi connectivity index (χ0) is 52.5. The van der Waals surface area contributed by atoms with Crippen molar-refractivity contribution < 1.29 is 50.0 Å². The third-order valence-corrected chi connectivity index (χ3v) is 15.3. The van der Waals surface area contributed by atoms with E-state index in [1.54, 1.807) is 0 Å². The van der Waals surface area contributed by atoms with Crippen LogP contribution in [-0.2, 0) is 14.3 Å². The molecule has 11 nitrogen and oxygen atoms in total. The molecule has 0 aliphatic carbocycles. The first kappa shape index (κ1) is 68.9. The van der Waals surface area contributed by atoms with Crippen LogP contribution in [-0.4, -0.2) is 110 Å². The van der Waals surface area contributed by atoms with Gasteiger partial charge in [-0.3, -0.25) is 4.79 Å². The summed E-state index contributed by atoms with van der Waals surface area (Å²) in [6.45, 7) is 3.50. The summed E-state index contributed by atoms with van der Waals surface area (Å²) < 4.78 is 11.2. The summed E-state index contributed by atoms with van der Waals surface area (Å²) in [5.74, 6) is -0.692. The van der Waals surface area contributed by atoms with Crippen LogP contribution in [0.15, 0.2) is 12.2 Å². The number of carbonyl (C=O) groups excluding carboxylic acids is 1. The van der Waals surface area contributed by atoms with Gasteiger partial charge in [0.25, 0.3) is 0 Å². The van der Waals surface area contributed by atoms with Crippen LogP contribution < -0.4 is 5.32 Å². The van der Waals surface area contributed by atoms with Gasteiger partial charge >= 0.3 is 0 Å². The zero-order valence-corrected chi connectivity index (χ0v) is 46.9. The van der Waals surface area contributed by atoms with Crippen molar-refractivity contribution in [2.45, 2.75) is 358 Å². The number of amides is 1. The lowest BCUT2D eigenvalue weighted by atomic mass is 9.98. The van der Waals surface area contributed by atoms with Crippen LogP contribution in [0.4, 0.5) is 0 Å². The molecule has 9 unspecified atom stereocenters. The van der Waals surface area contributed by atoms with Crippen molar-refractivity contribution in [2.75, 3.05) is 13.2 Å². The molecule has 0 aromatic rings. The Morgan fingerprint density at radius 2 is 0.806 bits per heavy atom. The fraction of sp³-hybridized carbons (Fsp3) is 0.951. The van der Waals surface area contributed by atoms with Gasteiger partial charge in [-0.15, -0.1) is 0 Å². The molecule has 1 fully saturated rings. The number of aliphatic hydroxyl groups is 7. The molecule has 0 saturated carbocycles. The highest BCUT2D eigenvalue weighted by atomic mass is 16.7. The van der Waals surface area contributed by atoms with E-state index in [9.17, 15) is 40.5 Å². The molecule has 11 heteroatoms. The van der Waals surface area contributed by atoms with Crippen LogP contribution in [0.2, 0.25) is 0 Å². The number of hydrogen-bond acceptors (Lipinski definition) is 10. The molecule has 1 saturated heterocycles. The van der Waals surface area contributed by atoms with Gasteiger partial charge in [-0.2, -0.15) is 0 Å². The summed E-state index contributed by atoms with van der Waals surface area (Å²) in [6, 6.07) is -1.17. The minimum Gasteiger partial charge on any atom is -0.394 e. The topological polar surface area (TPSA) is 189 Å². The molecule has 1 heterocycles. The molecule has 428 valence electrons. The third-order valence-electron chi connectivity index (χ3n) is 15.3. The van der Waals surface area contributed by atoms with Crippen LogP contribution in [0, 0.1) is 0 Å². The van der Waals surface area contributed by atoms with Crippen LogP contribution in [0.1, 0.15) is 303 Å².